The van der Waals surface area contributed by atoms with Crippen molar-refractivity contribution in [2.75, 3.05) is 31.1 Å². The van der Waals surface area contributed by atoms with Crippen LogP contribution in [0.1, 0.15) is 17.5 Å². The van der Waals surface area contributed by atoms with Crippen molar-refractivity contribution < 1.29 is 9.90 Å². The molecule has 1 atom stereocenters. The quantitative estimate of drug-likeness (QED) is 0.881. The summed E-state index contributed by atoms with van der Waals surface area (Å²) in [5, 5.41) is 9.18. The molecule has 0 aromatic heterocycles. The molecule has 0 saturated carbocycles. The van der Waals surface area contributed by atoms with E-state index in [1.54, 1.807) is 0 Å². The standard InChI is InChI=1S/C21H26N2O2/c1-17-8-5-6-11-20(17)23-15-19(14-18-9-3-2-4-10-18)22(12-7-13-24)16-21(23)25/h2-6,8-11,19,24H,7,12-16H2,1H3/t19-/m0/s1. The summed E-state index contributed by atoms with van der Waals surface area (Å²) in [4.78, 5) is 16.9. The molecule has 132 valence electrons. The van der Waals surface area contributed by atoms with E-state index in [2.05, 4.69) is 29.2 Å². The third-order valence-corrected chi connectivity index (χ3v) is 4.87. The summed E-state index contributed by atoms with van der Waals surface area (Å²) in [6.07, 6.45) is 1.60. The van der Waals surface area contributed by atoms with Crippen molar-refractivity contribution in [3.05, 3.63) is 65.7 Å². The van der Waals surface area contributed by atoms with Crippen molar-refractivity contribution in [1.29, 1.82) is 0 Å². The molecule has 25 heavy (non-hydrogen) atoms. The van der Waals surface area contributed by atoms with Crippen LogP contribution >= 0.6 is 0 Å². The van der Waals surface area contributed by atoms with Crippen LogP contribution in [-0.4, -0.2) is 48.2 Å². The van der Waals surface area contributed by atoms with E-state index in [1.165, 1.54) is 5.56 Å². The highest BCUT2D eigenvalue weighted by molar-refractivity contribution is 5.96. The van der Waals surface area contributed by atoms with Gasteiger partial charge in [-0.05, 0) is 37.0 Å². The highest BCUT2D eigenvalue weighted by atomic mass is 16.3. The summed E-state index contributed by atoms with van der Waals surface area (Å²) in [6.45, 7) is 4.05. The van der Waals surface area contributed by atoms with Crippen molar-refractivity contribution in [2.24, 2.45) is 0 Å². The minimum absolute atomic E-state index is 0.136. The number of carbonyl (C=O) groups is 1. The van der Waals surface area contributed by atoms with Gasteiger partial charge in [-0.2, -0.15) is 0 Å². The molecule has 0 spiro atoms. The largest absolute Gasteiger partial charge is 0.396 e. The molecule has 2 aromatic rings. The van der Waals surface area contributed by atoms with Crippen LogP contribution in [0.4, 0.5) is 5.69 Å². The van der Waals surface area contributed by atoms with E-state index in [-0.39, 0.29) is 18.6 Å². The number of hydrogen-bond acceptors (Lipinski definition) is 3. The Kier molecular flexibility index (Phi) is 5.84. The summed E-state index contributed by atoms with van der Waals surface area (Å²) >= 11 is 0. The number of piperazine rings is 1. The molecule has 2 aromatic carbocycles. The van der Waals surface area contributed by atoms with Crippen LogP contribution in [-0.2, 0) is 11.2 Å². The van der Waals surface area contributed by atoms with Crippen LogP contribution in [0.2, 0.25) is 0 Å². The number of carbonyl (C=O) groups excluding carboxylic acids is 1. The van der Waals surface area contributed by atoms with E-state index in [0.717, 1.165) is 24.2 Å². The lowest BCUT2D eigenvalue weighted by Crippen LogP contribution is -2.57. The Morgan fingerprint density at radius 2 is 1.80 bits per heavy atom. The Morgan fingerprint density at radius 1 is 1.08 bits per heavy atom. The minimum atomic E-state index is 0.136. The first kappa shape index (κ1) is 17.6. The number of aliphatic hydroxyl groups excluding tert-OH is 1. The van der Waals surface area contributed by atoms with Crippen LogP contribution < -0.4 is 4.90 Å². The summed E-state index contributed by atoms with van der Waals surface area (Å²) in [5.41, 5.74) is 3.41. The van der Waals surface area contributed by atoms with Gasteiger partial charge < -0.3 is 10.0 Å². The summed E-state index contributed by atoms with van der Waals surface area (Å²) in [6, 6.07) is 18.7. The lowest BCUT2D eigenvalue weighted by Gasteiger charge is -2.41. The van der Waals surface area contributed by atoms with Crippen LogP contribution in [0, 0.1) is 6.92 Å². The average molecular weight is 338 g/mol. The van der Waals surface area contributed by atoms with Crippen LogP contribution in [0.25, 0.3) is 0 Å². The minimum Gasteiger partial charge on any atom is -0.396 e. The van der Waals surface area contributed by atoms with Crippen molar-refractivity contribution >= 4 is 11.6 Å². The number of rotatable bonds is 6. The monoisotopic (exact) mass is 338 g/mol. The first-order chi connectivity index (χ1) is 12.2. The molecule has 1 N–H and O–H groups in total. The molecule has 1 aliphatic heterocycles. The van der Waals surface area contributed by atoms with Gasteiger partial charge in [-0.15, -0.1) is 0 Å². The van der Waals surface area contributed by atoms with Crippen molar-refractivity contribution in [3.8, 4) is 0 Å². The fourth-order valence-electron chi connectivity index (χ4n) is 3.53. The zero-order valence-electron chi connectivity index (χ0n) is 14.8. The molecule has 1 heterocycles. The molecule has 1 fully saturated rings. The maximum absolute atomic E-state index is 12.7. The van der Waals surface area contributed by atoms with Crippen LogP contribution in [0.5, 0.6) is 0 Å². The molecule has 1 aliphatic rings. The molecule has 3 rings (SSSR count). The molecule has 0 radical (unpaired) electrons. The zero-order valence-corrected chi connectivity index (χ0v) is 14.8. The van der Waals surface area contributed by atoms with E-state index >= 15 is 0 Å². The number of amides is 1. The van der Waals surface area contributed by atoms with Gasteiger partial charge in [0.2, 0.25) is 5.91 Å². The predicted octanol–water partition coefficient (Wildman–Crippen LogP) is 2.64. The molecule has 1 amide bonds. The van der Waals surface area contributed by atoms with Gasteiger partial charge in [0.1, 0.15) is 0 Å². The molecule has 0 unspecified atom stereocenters. The predicted molar refractivity (Wildman–Crippen MR) is 101 cm³/mol. The molecule has 0 aliphatic carbocycles. The highest BCUT2D eigenvalue weighted by Gasteiger charge is 2.33. The van der Waals surface area contributed by atoms with Gasteiger partial charge >= 0.3 is 0 Å². The van der Waals surface area contributed by atoms with Gasteiger partial charge in [-0.3, -0.25) is 9.69 Å². The molecule has 0 bridgehead atoms. The normalized spacial score (nSPS) is 18.6. The van der Waals surface area contributed by atoms with Gasteiger partial charge in [-0.25, -0.2) is 0 Å². The second kappa shape index (κ2) is 8.28. The number of anilines is 1. The summed E-state index contributed by atoms with van der Waals surface area (Å²) < 4.78 is 0. The first-order valence-electron chi connectivity index (χ1n) is 8.94. The van der Waals surface area contributed by atoms with Gasteiger partial charge in [0, 0.05) is 31.4 Å². The van der Waals surface area contributed by atoms with E-state index in [9.17, 15) is 9.90 Å². The van der Waals surface area contributed by atoms with E-state index in [4.69, 9.17) is 0 Å². The Morgan fingerprint density at radius 3 is 2.52 bits per heavy atom. The fourth-order valence-corrected chi connectivity index (χ4v) is 3.53. The number of benzene rings is 2. The Hall–Kier alpha value is -2.17. The second-order valence-corrected chi connectivity index (χ2v) is 6.68. The molecule has 1 saturated heterocycles. The van der Waals surface area contributed by atoms with Crippen LogP contribution in [0.15, 0.2) is 54.6 Å². The number of para-hydroxylation sites is 1. The maximum atomic E-state index is 12.7. The number of aryl methyl sites for hydroxylation is 1. The Balaban J connectivity index is 1.82. The summed E-state index contributed by atoms with van der Waals surface area (Å²) in [7, 11) is 0. The topological polar surface area (TPSA) is 43.8 Å². The van der Waals surface area contributed by atoms with Crippen molar-refractivity contribution in [2.45, 2.75) is 25.8 Å². The third-order valence-electron chi connectivity index (χ3n) is 4.87. The number of nitrogens with zero attached hydrogens (tertiary/aromatic N) is 2. The average Bonchev–Trinajstić information content (AvgIpc) is 2.63. The van der Waals surface area contributed by atoms with Crippen LogP contribution in [0.3, 0.4) is 0 Å². The Bertz CT molecular complexity index is 702. The van der Waals surface area contributed by atoms with Crippen molar-refractivity contribution in [3.63, 3.8) is 0 Å². The fraction of sp³-hybridized carbons (Fsp3) is 0.381. The molecule has 4 heteroatoms. The van der Waals surface area contributed by atoms with Crippen molar-refractivity contribution in [1.82, 2.24) is 4.90 Å². The maximum Gasteiger partial charge on any atom is 0.241 e. The SMILES string of the molecule is Cc1ccccc1N1C[C@H](Cc2ccccc2)N(CCCO)CC1=O. The highest BCUT2D eigenvalue weighted by Crippen LogP contribution is 2.25. The summed E-state index contributed by atoms with van der Waals surface area (Å²) in [5.74, 6) is 0.136. The Labute approximate surface area is 149 Å². The zero-order chi connectivity index (χ0) is 17.6. The smallest absolute Gasteiger partial charge is 0.241 e. The number of hydrogen-bond donors (Lipinski definition) is 1. The molecular weight excluding hydrogens is 312 g/mol. The van der Waals surface area contributed by atoms with Gasteiger partial charge in [0.05, 0.1) is 6.54 Å². The molecular formula is C21H26N2O2. The number of aliphatic hydroxyl groups is 1. The van der Waals surface area contributed by atoms with Gasteiger partial charge in [0.25, 0.3) is 0 Å². The van der Waals surface area contributed by atoms with E-state index in [1.807, 2.05) is 42.2 Å². The van der Waals surface area contributed by atoms with Gasteiger partial charge in [-0.1, -0.05) is 48.5 Å². The third kappa shape index (κ3) is 4.27. The van der Waals surface area contributed by atoms with Gasteiger partial charge in [0.15, 0.2) is 0 Å². The molecule has 4 nitrogen and oxygen atoms in total. The van der Waals surface area contributed by atoms with E-state index < -0.39 is 0 Å². The lowest BCUT2D eigenvalue weighted by atomic mass is 10.0. The second-order valence-electron chi connectivity index (χ2n) is 6.68. The lowest BCUT2D eigenvalue weighted by molar-refractivity contribution is -0.122. The van der Waals surface area contributed by atoms with E-state index in [0.29, 0.717) is 19.5 Å². The first-order valence-corrected chi connectivity index (χ1v) is 8.94.